The molecule has 3 heterocycles. The van der Waals surface area contributed by atoms with Crippen molar-refractivity contribution in [2.75, 3.05) is 24.5 Å². The van der Waals surface area contributed by atoms with Crippen LogP contribution in [0.3, 0.4) is 0 Å². The Morgan fingerprint density at radius 1 is 1.24 bits per heavy atom. The molecule has 1 fully saturated rings. The number of piperazine rings is 1. The Labute approximate surface area is 171 Å². The molecule has 6 heteroatoms. The first-order chi connectivity index (χ1) is 13.9. The van der Waals surface area contributed by atoms with E-state index >= 15 is 0 Å². The lowest BCUT2D eigenvalue weighted by Crippen LogP contribution is -2.54. The van der Waals surface area contributed by atoms with E-state index in [-0.39, 0.29) is 11.9 Å². The van der Waals surface area contributed by atoms with Crippen LogP contribution in [-0.4, -0.2) is 46.5 Å². The zero-order chi connectivity index (χ0) is 20.5. The molecule has 0 radical (unpaired) electrons. The summed E-state index contributed by atoms with van der Waals surface area (Å²) in [6.07, 6.45) is 2.22. The third-order valence-electron chi connectivity index (χ3n) is 5.60. The quantitative estimate of drug-likeness (QED) is 0.673. The number of rotatable bonds is 4. The van der Waals surface area contributed by atoms with Crippen LogP contribution >= 0.6 is 0 Å². The molecule has 3 aromatic rings. The van der Waals surface area contributed by atoms with E-state index in [1.807, 2.05) is 17.9 Å². The van der Waals surface area contributed by atoms with Gasteiger partial charge in [-0.15, -0.1) is 0 Å². The first-order valence-electron chi connectivity index (χ1n) is 10.3. The number of oxazole rings is 1. The second-order valence-electron chi connectivity index (χ2n) is 8.29. The van der Waals surface area contributed by atoms with E-state index in [4.69, 9.17) is 4.42 Å². The number of benzene rings is 1. The molecule has 1 amide bonds. The number of carbonyl (C=O) groups is 1. The number of pyridine rings is 1. The number of aryl methyl sites for hydroxylation is 1. The molecule has 1 aromatic carbocycles. The smallest absolute Gasteiger partial charge is 0.300 e. The number of anilines is 1. The van der Waals surface area contributed by atoms with Gasteiger partial charge in [0.1, 0.15) is 5.52 Å². The van der Waals surface area contributed by atoms with Crippen molar-refractivity contribution in [3.63, 3.8) is 0 Å². The van der Waals surface area contributed by atoms with E-state index in [9.17, 15) is 4.79 Å². The minimum atomic E-state index is 0.130. The van der Waals surface area contributed by atoms with Gasteiger partial charge in [-0.1, -0.05) is 38.1 Å². The summed E-state index contributed by atoms with van der Waals surface area (Å²) in [5.74, 6) is 0.670. The van der Waals surface area contributed by atoms with Crippen molar-refractivity contribution in [2.45, 2.75) is 46.1 Å². The molecule has 0 unspecified atom stereocenters. The van der Waals surface area contributed by atoms with Gasteiger partial charge >= 0.3 is 0 Å². The average Bonchev–Trinajstić information content (AvgIpc) is 3.11. The van der Waals surface area contributed by atoms with Crippen molar-refractivity contribution in [3.05, 3.63) is 53.2 Å². The maximum absolute atomic E-state index is 12.8. The van der Waals surface area contributed by atoms with Crippen LogP contribution in [-0.2, 0) is 11.2 Å². The summed E-state index contributed by atoms with van der Waals surface area (Å²) in [5, 5.41) is 0. The molecule has 29 heavy (non-hydrogen) atoms. The second kappa shape index (κ2) is 7.85. The number of amides is 1. The van der Waals surface area contributed by atoms with Crippen LogP contribution in [0.25, 0.3) is 11.2 Å². The highest BCUT2D eigenvalue weighted by Gasteiger charge is 2.29. The van der Waals surface area contributed by atoms with Gasteiger partial charge in [0.2, 0.25) is 11.6 Å². The second-order valence-corrected chi connectivity index (χ2v) is 8.29. The fraction of sp³-hybridized carbons (Fsp3) is 0.435. The molecule has 1 aliphatic heterocycles. The highest BCUT2D eigenvalue weighted by molar-refractivity contribution is 5.79. The Kier molecular flexibility index (Phi) is 5.26. The third kappa shape index (κ3) is 4.11. The van der Waals surface area contributed by atoms with E-state index in [0.717, 1.165) is 16.6 Å². The number of fused-ring (bicyclic) bond motifs is 1. The van der Waals surface area contributed by atoms with Crippen molar-refractivity contribution < 1.29 is 9.21 Å². The van der Waals surface area contributed by atoms with Crippen LogP contribution in [0.4, 0.5) is 6.01 Å². The van der Waals surface area contributed by atoms with Crippen LogP contribution in [0.2, 0.25) is 0 Å². The van der Waals surface area contributed by atoms with Gasteiger partial charge in [0.25, 0.3) is 6.01 Å². The van der Waals surface area contributed by atoms with Gasteiger partial charge < -0.3 is 14.2 Å². The number of aromatic nitrogens is 2. The lowest BCUT2D eigenvalue weighted by atomic mass is 10.0. The summed E-state index contributed by atoms with van der Waals surface area (Å²) in [4.78, 5) is 25.8. The standard InChI is InChI=1S/C23H28N4O2/c1-15(2)19-7-5-18(6-8-19)12-21(28)26-9-10-27(17(4)14-26)23-25-20-11-16(3)13-24-22(20)29-23/h5-8,11,13,15,17H,9-10,12,14H2,1-4H3/t17-/m0/s1. The maximum atomic E-state index is 12.8. The SMILES string of the molecule is Cc1cnc2oc(N3CCN(C(=O)Cc4ccc(C(C)C)cc4)C[C@@H]3C)nc2c1. The molecule has 2 aromatic heterocycles. The van der Waals surface area contributed by atoms with Crippen LogP contribution in [0.1, 0.15) is 43.4 Å². The fourth-order valence-corrected chi connectivity index (χ4v) is 3.81. The molecule has 1 aliphatic rings. The predicted molar refractivity (Wildman–Crippen MR) is 114 cm³/mol. The third-order valence-corrected chi connectivity index (χ3v) is 5.60. The van der Waals surface area contributed by atoms with Crippen LogP contribution in [0.5, 0.6) is 0 Å². The molecule has 1 saturated heterocycles. The molecule has 0 spiro atoms. The summed E-state index contributed by atoms with van der Waals surface area (Å²) in [6, 6.07) is 11.1. The van der Waals surface area contributed by atoms with Crippen molar-refractivity contribution in [3.8, 4) is 0 Å². The highest BCUT2D eigenvalue weighted by Crippen LogP contribution is 2.25. The van der Waals surface area contributed by atoms with E-state index < -0.39 is 0 Å². The lowest BCUT2D eigenvalue weighted by molar-refractivity contribution is -0.131. The van der Waals surface area contributed by atoms with Crippen LogP contribution in [0.15, 0.2) is 40.9 Å². The predicted octanol–water partition coefficient (Wildman–Crippen LogP) is 3.93. The molecule has 0 bridgehead atoms. The van der Waals surface area contributed by atoms with E-state index in [1.165, 1.54) is 5.56 Å². The number of hydrogen-bond acceptors (Lipinski definition) is 5. The largest absolute Gasteiger partial charge is 0.404 e. The molecule has 152 valence electrons. The molecule has 0 N–H and O–H groups in total. The van der Waals surface area contributed by atoms with Gasteiger partial charge in [0, 0.05) is 31.9 Å². The normalized spacial score (nSPS) is 17.3. The highest BCUT2D eigenvalue weighted by atomic mass is 16.4. The van der Waals surface area contributed by atoms with E-state index in [2.05, 4.69) is 59.9 Å². The first kappa shape index (κ1) is 19.4. The van der Waals surface area contributed by atoms with Crippen molar-refractivity contribution in [1.82, 2.24) is 14.9 Å². The van der Waals surface area contributed by atoms with Gasteiger partial charge in [-0.2, -0.15) is 4.98 Å². The van der Waals surface area contributed by atoms with Crippen LogP contribution in [0, 0.1) is 6.92 Å². The molecule has 4 rings (SSSR count). The Morgan fingerprint density at radius 2 is 2.00 bits per heavy atom. The summed E-state index contributed by atoms with van der Waals surface area (Å²) in [5.41, 5.74) is 4.75. The summed E-state index contributed by atoms with van der Waals surface area (Å²) < 4.78 is 5.85. The first-order valence-corrected chi connectivity index (χ1v) is 10.3. The Bertz CT molecular complexity index is 1010. The molecular formula is C23H28N4O2. The molecule has 0 aliphatic carbocycles. The number of carbonyl (C=O) groups excluding carboxylic acids is 1. The Hall–Kier alpha value is -2.89. The number of nitrogens with zero attached hydrogens (tertiary/aromatic N) is 4. The number of hydrogen-bond donors (Lipinski definition) is 0. The molecule has 1 atom stereocenters. The van der Waals surface area contributed by atoms with Gasteiger partial charge in [-0.3, -0.25) is 4.79 Å². The van der Waals surface area contributed by atoms with E-state index in [1.54, 1.807) is 6.20 Å². The zero-order valence-electron chi connectivity index (χ0n) is 17.6. The fourth-order valence-electron chi connectivity index (χ4n) is 3.81. The van der Waals surface area contributed by atoms with Gasteiger partial charge in [-0.25, -0.2) is 4.98 Å². The van der Waals surface area contributed by atoms with Gasteiger partial charge in [-0.05, 0) is 42.5 Å². The molecule has 6 nitrogen and oxygen atoms in total. The van der Waals surface area contributed by atoms with Gasteiger partial charge in [0.05, 0.1) is 6.42 Å². The lowest BCUT2D eigenvalue weighted by Gasteiger charge is -2.39. The molecular weight excluding hydrogens is 364 g/mol. The van der Waals surface area contributed by atoms with Crippen molar-refractivity contribution in [1.29, 1.82) is 0 Å². The topological polar surface area (TPSA) is 62.5 Å². The minimum Gasteiger partial charge on any atom is -0.404 e. The van der Waals surface area contributed by atoms with E-state index in [0.29, 0.717) is 43.7 Å². The van der Waals surface area contributed by atoms with Crippen molar-refractivity contribution >= 4 is 23.2 Å². The monoisotopic (exact) mass is 392 g/mol. The molecule has 0 saturated carbocycles. The maximum Gasteiger partial charge on any atom is 0.300 e. The van der Waals surface area contributed by atoms with Crippen molar-refractivity contribution in [2.24, 2.45) is 0 Å². The Balaban J connectivity index is 1.40. The summed E-state index contributed by atoms with van der Waals surface area (Å²) >= 11 is 0. The minimum absolute atomic E-state index is 0.130. The van der Waals surface area contributed by atoms with Gasteiger partial charge in [0.15, 0.2) is 0 Å². The summed E-state index contributed by atoms with van der Waals surface area (Å²) in [6.45, 7) is 10.5. The Morgan fingerprint density at radius 3 is 2.69 bits per heavy atom. The summed E-state index contributed by atoms with van der Waals surface area (Å²) in [7, 11) is 0. The zero-order valence-corrected chi connectivity index (χ0v) is 17.6. The average molecular weight is 393 g/mol. The van der Waals surface area contributed by atoms with Crippen LogP contribution < -0.4 is 4.90 Å².